The van der Waals surface area contributed by atoms with Crippen LogP contribution in [0.15, 0.2) is 0 Å². The zero-order valence-electron chi connectivity index (χ0n) is 6.45. The van der Waals surface area contributed by atoms with Crippen LogP contribution in [0.4, 0.5) is 0 Å². The van der Waals surface area contributed by atoms with Crippen molar-refractivity contribution in [2.75, 3.05) is 13.2 Å². The van der Waals surface area contributed by atoms with Gasteiger partial charge in [-0.1, -0.05) is 0 Å². The summed E-state index contributed by atoms with van der Waals surface area (Å²) < 4.78 is 10.9. The summed E-state index contributed by atoms with van der Waals surface area (Å²) in [5.74, 6) is 0. The maximum atomic E-state index is 5.50. The zero-order chi connectivity index (χ0) is 7.52. The van der Waals surface area contributed by atoms with E-state index >= 15 is 0 Å². The van der Waals surface area contributed by atoms with Gasteiger partial charge in [0.05, 0.1) is 25.9 Å². The lowest BCUT2D eigenvalue weighted by Gasteiger charge is -2.27. The van der Waals surface area contributed by atoms with Crippen molar-refractivity contribution in [1.82, 2.24) is 5.32 Å². The van der Waals surface area contributed by atoms with E-state index in [1.165, 1.54) is 0 Å². The van der Waals surface area contributed by atoms with Gasteiger partial charge in [-0.05, 0) is 12.8 Å². The fraction of sp³-hybridized carbons (Fsp3) is 0.750. The van der Waals surface area contributed by atoms with Gasteiger partial charge in [-0.3, -0.25) is 0 Å². The molecule has 0 aromatic rings. The average molecular weight is 155 g/mol. The molecule has 2 aliphatic heterocycles. The Bertz CT molecular complexity index is 117. The number of hydrogen-bond acceptors (Lipinski definition) is 3. The van der Waals surface area contributed by atoms with Crippen molar-refractivity contribution in [3.05, 3.63) is 13.2 Å². The highest BCUT2D eigenvalue weighted by molar-refractivity contribution is 4.89. The lowest BCUT2D eigenvalue weighted by molar-refractivity contribution is -0.0349. The van der Waals surface area contributed by atoms with Crippen LogP contribution in [0.3, 0.4) is 0 Å². The lowest BCUT2D eigenvalue weighted by Crippen LogP contribution is -2.40. The molecule has 0 aromatic heterocycles. The monoisotopic (exact) mass is 155 g/mol. The molecule has 2 heterocycles. The fourth-order valence-corrected chi connectivity index (χ4v) is 1.45. The molecule has 0 aromatic carbocycles. The van der Waals surface area contributed by atoms with Gasteiger partial charge in [-0.15, -0.1) is 0 Å². The van der Waals surface area contributed by atoms with Crippen LogP contribution < -0.4 is 5.32 Å². The van der Waals surface area contributed by atoms with Crippen LogP contribution in [0.2, 0.25) is 0 Å². The first-order valence-electron chi connectivity index (χ1n) is 4.12. The van der Waals surface area contributed by atoms with Gasteiger partial charge in [0.2, 0.25) is 0 Å². The third-order valence-corrected chi connectivity index (χ3v) is 2.05. The Morgan fingerprint density at radius 1 is 1.45 bits per heavy atom. The largest absolute Gasteiger partial charge is 0.373 e. The lowest BCUT2D eigenvalue weighted by atomic mass is 10.1. The average Bonchev–Trinajstić information content (AvgIpc) is 2.58. The second-order valence-electron chi connectivity index (χ2n) is 2.87. The van der Waals surface area contributed by atoms with E-state index in [0.29, 0.717) is 0 Å². The summed E-state index contributed by atoms with van der Waals surface area (Å²) in [4.78, 5) is 0. The summed E-state index contributed by atoms with van der Waals surface area (Å²) in [6, 6.07) is 0. The molecular weight excluding hydrogens is 142 g/mol. The first-order chi connectivity index (χ1) is 5.47. The molecule has 2 aliphatic rings. The van der Waals surface area contributed by atoms with Gasteiger partial charge in [0.25, 0.3) is 0 Å². The van der Waals surface area contributed by atoms with Crippen molar-refractivity contribution in [1.29, 1.82) is 0 Å². The molecule has 2 fully saturated rings. The third kappa shape index (κ3) is 1.72. The standard InChI is InChI=1S/C8H13NO2/c1-2-7(10-4-1)8-6-9-3-5-11-8/h4,6-9H,1-3,5H2. The van der Waals surface area contributed by atoms with E-state index in [1.807, 2.05) is 13.2 Å². The van der Waals surface area contributed by atoms with Gasteiger partial charge in [0, 0.05) is 6.54 Å². The molecule has 2 radical (unpaired) electrons. The number of hydrogen-bond donors (Lipinski definition) is 1. The predicted molar refractivity (Wildman–Crippen MR) is 40.4 cm³/mol. The highest BCUT2D eigenvalue weighted by Gasteiger charge is 2.28. The first kappa shape index (κ1) is 7.53. The molecule has 1 N–H and O–H groups in total. The Balaban J connectivity index is 1.82. The van der Waals surface area contributed by atoms with E-state index in [-0.39, 0.29) is 12.2 Å². The molecule has 11 heavy (non-hydrogen) atoms. The van der Waals surface area contributed by atoms with Gasteiger partial charge in [0.1, 0.15) is 6.10 Å². The van der Waals surface area contributed by atoms with E-state index in [1.54, 1.807) is 0 Å². The third-order valence-electron chi connectivity index (χ3n) is 2.05. The molecule has 0 saturated carbocycles. The second-order valence-corrected chi connectivity index (χ2v) is 2.87. The summed E-state index contributed by atoms with van der Waals surface area (Å²) >= 11 is 0. The summed E-state index contributed by atoms with van der Waals surface area (Å²) in [6.07, 6.45) is 2.55. The van der Waals surface area contributed by atoms with Gasteiger partial charge < -0.3 is 14.8 Å². The Hall–Kier alpha value is -0.120. The van der Waals surface area contributed by atoms with Crippen molar-refractivity contribution in [2.45, 2.75) is 25.0 Å². The molecule has 3 heteroatoms. The van der Waals surface area contributed by atoms with Gasteiger partial charge >= 0.3 is 0 Å². The number of rotatable bonds is 1. The molecule has 62 valence electrons. The minimum atomic E-state index is 0.155. The zero-order valence-corrected chi connectivity index (χ0v) is 6.45. The van der Waals surface area contributed by atoms with Crippen molar-refractivity contribution >= 4 is 0 Å². The van der Waals surface area contributed by atoms with Crippen molar-refractivity contribution in [3.8, 4) is 0 Å². The Morgan fingerprint density at radius 2 is 2.45 bits per heavy atom. The smallest absolute Gasteiger partial charge is 0.101 e. The maximum absolute atomic E-state index is 5.50. The molecule has 0 spiro atoms. The highest BCUT2D eigenvalue weighted by Crippen LogP contribution is 2.22. The van der Waals surface area contributed by atoms with Crippen LogP contribution in [-0.2, 0) is 9.47 Å². The van der Waals surface area contributed by atoms with Crippen molar-refractivity contribution in [2.24, 2.45) is 0 Å². The molecular formula is C8H13NO2. The number of nitrogens with one attached hydrogen (secondary N) is 1. The van der Waals surface area contributed by atoms with E-state index in [0.717, 1.165) is 26.0 Å². The topological polar surface area (TPSA) is 30.5 Å². The fourth-order valence-electron chi connectivity index (χ4n) is 1.45. The van der Waals surface area contributed by atoms with Gasteiger partial charge in [-0.2, -0.15) is 0 Å². The second kappa shape index (κ2) is 3.52. The van der Waals surface area contributed by atoms with Gasteiger partial charge in [-0.25, -0.2) is 0 Å². The van der Waals surface area contributed by atoms with Crippen LogP contribution in [0.5, 0.6) is 0 Å². The van der Waals surface area contributed by atoms with E-state index in [9.17, 15) is 0 Å². The molecule has 0 amide bonds. The molecule has 2 saturated heterocycles. The minimum Gasteiger partial charge on any atom is -0.373 e. The van der Waals surface area contributed by atoms with E-state index in [4.69, 9.17) is 9.47 Å². The minimum absolute atomic E-state index is 0.155. The number of morpholine rings is 1. The summed E-state index contributed by atoms with van der Waals surface area (Å²) in [6.45, 7) is 5.58. The summed E-state index contributed by atoms with van der Waals surface area (Å²) in [5.41, 5.74) is 0. The molecule has 2 rings (SSSR count). The van der Waals surface area contributed by atoms with E-state index < -0.39 is 0 Å². The molecule has 2 unspecified atom stereocenters. The molecule has 0 bridgehead atoms. The highest BCUT2D eigenvalue weighted by atomic mass is 16.5. The van der Waals surface area contributed by atoms with Gasteiger partial charge in [0.15, 0.2) is 0 Å². The Morgan fingerprint density at radius 3 is 3.09 bits per heavy atom. The Kier molecular flexibility index (Phi) is 2.41. The van der Waals surface area contributed by atoms with Crippen LogP contribution in [0.1, 0.15) is 12.8 Å². The van der Waals surface area contributed by atoms with Crippen molar-refractivity contribution in [3.63, 3.8) is 0 Å². The maximum Gasteiger partial charge on any atom is 0.101 e. The first-order valence-corrected chi connectivity index (χ1v) is 4.12. The van der Waals surface area contributed by atoms with Crippen LogP contribution >= 0.6 is 0 Å². The van der Waals surface area contributed by atoms with Crippen LogP contribution in [0, 0.1) is 13.2 Å². The Labute approximate surface area is 67.1 Å². The quantitative estimate of drug-likeness (QED) is 0.597. The summed E-state index contributed by atoms with van der Waals surface area (Å²) in [5, 5.41) is 3.17. The number of ether oxygens (including phenoxy) is 2. The van der Waals surface area contributed by atoms with Crippen LogP contribution in [-0.4, -0.2) is 25.4 Å². The molecule has 3 nitrogen and oxygen atoms in total. The molecule has 0 aliphatic carbocycles. The normalized spacial score (nSPS) is 39.3. The summed E-state index contributed by atoms with van der Waals surface area (Å²) in [7, 11) is 0. The van der Waals surface area contributed by atoms with E-state index in [2.05, 4.69) is 5.32 Å². The SMILES string of the molecule is [CH]1CCC(C2[CH]NCCO2)O1. The van der Waals surface area contributed by atoms with Crippen LogP contribution in [0.25, 0.3) is 0 Å². The molecule has 2 atom stereocenters. The van der Waals surface area contributed by atoms with Crippen molar-refractivity contribution < 1.29 is 9.47 Å². The predicted octanol–water partition coefficient (Wildman–Crippen LogP) is 0.477.